The molecule has 0 amide bonds. The van der Waals surface area contributed by atoms with Gasteiger partial charge in [0.15, 0.2) is 0 Å². The van der Waals surface area contributed by atoms with E-state index in [9.17, 15) is 8.42 Å². The van der Waals surface area contributed by atoms with Gasteiger partial charge in [-0.3, -0.25) is 4.18 Å². The fourth-order valence-electron chi connectivity index (χ4n) is 1.48. The molecule has 0 spiro atoms. The van der Waals surface area contributed by atoms with Gasteiger partial charge in [0.2, 0.25) is 0 Å². The maximum atomic E-state index is 11.7. The van der Waals surface area contributed by atoms with Crippen LogP contribution < -0.4 is 0 Å². The van der Waals surface area contributed by atoms with Crippen molar-refractivity contribution >= 4 is 61.5 Å². The first kappa shape index (κ1) is 18.8. The van der Waals surface area contributed by atoms with E-state index < -0.39 is 10.1 Å². The Balaban J connectivity index is 0.00000289. The van der Waals surface area contributed by atoms with Crippen molar-refractivity contribution in [2.24, 2.45) is 5.92 Å². The van der Waals surface area contributed by atoms with E-state index in [0.717, 1.165) is 19.3 Å². The second kappa shape index (κ2) is 9.64. The van der Waals surface area contributed by atoms with Crippen LogP contribution in [0.25, 0.3) is 0 Å². The van der Waals surface area contributed by atoms with E-state index in [1.165, 1.54) is 0 Å². The summed E-state index contributed by atoms with van der Waals surface area (Å²) in [5, 5.41) is 0. The first-order valence-corrected chi connectivity index (χ1v) is 7.37. The minimum Gasteiger partial charge on any atom is -0.266 e. The Labute approximate surface area is 153 Å². The number of hydrogen-bond donors (Lipinski definition) is 0. The van der Waals surface area contributed by atoms with E-state index in [4.69, 9.17) is 4.18 Å². The molecule has 0 N–H and O–H groups in total. The van der Waals surface area contributed by atoms with Crippen LogP contribution in [0.1, 0.15) is 33.1 Å². The van der Waals surface area contributed by atoms with Gasteiger partial charge in [0.25, 0.3) is 10.1 Å². The standard InChI is InChI=1S/C13H20O3S.K/c1-12(2)8-6-7-11-16-17(14,15)13-9-4-3-5-10-13;/h3-5,9-10,12H,6-8,11H2,1-2H3;. The molecule has 0 fully saturated rings. The largest absolute Gasteiger partial charge is 0.296 e. The van der Waals surface area contributed by atoms with Crippen molar-refractivity contribution in [1.82, 2.24) is 0 Å². The van der Waals surface area contributed by atoms with E-state index in [1.54, 1.807) is 30.3 Å². The van der Waals surface area contributed by atoms with Crippen LogP contribution >= 0.6 is 0 Å². The van der Waals surface area contributed by atoms with Crippen molar-refractivity contribution in [2.75, 3.05) is 6.61 Å². The third-order valence-electron chi connectivity index (χ3n) is 2.45. The van der Waals surface area contributed by atoms with Crippen molar-refractivity contribution in [2.45, 2.75) is 38.0 Å². The van der Waals surface area contributed by atoms with Crippen LogP contribution in [0.15, 0.2) is 35.2 Å². The zero-order chi connectivity index (χ0) is 12.7. The molecule has 0 saturated heterocycles. The smallest absolute Gasteiger partial charge is 0.266 e. The van der Waals surface area contributed by atoms with Crippen LogP contribution in [-0.4, -0.2) is 66.4 Å². The maximum absolute atomic E-state index is 11.7. The SMILES string of the molecule is CC(C)CCCCOS(=O)(=O)c1ccccc1.[K]. The fourth-order valence-corrected chi connectivity index (χ4v) is 2.44. The summed E-state index contributed by atoms with van der Waals surface area (Å²) in [5.74, 6) is 0.653. The Morgan fingerprint density at radius 1 is 1.11 bits per heavy atom. The van der Waals surface area contributed by atoms with Crippen LogP contribution in [0.2, 0.25) is 0 Å². The van der Waals surface area contributed by atoms with Gasteiger partial charge >= 0.3 is 0 Å². The summed E-state index contributed by atoms with van der Waals surface area (Å²) in [6.45, 7) is 4.58. The van der Waals surface area contributed by atoms with Crippen molar-refractivity contribution < 1.29 is 12.6 Å². The third kappa shape index (κ3) is 7.38. The van der Waals surface area contributed by atoms with Crippen LogP contribution in [0.4, 0.5) is 0 Å². The average Bonchev–Trinajstić information content (AvgIpc) is 2.29. The zero-order valence-electron chi connectivity index (χ0n) is 11.4. The van der Waals surface area contributed by atoms with Crippen LogP contribution in [0.3, 0.4) is 0 Å². The van der Waals surface area contributed by atoms with Crippen molar-refractivity contribution in [3.05, 3.63) is 30.3 Å². The minimum atomic E-state index is -3.56. The number of hydrogen-bond acceptors (Lipinski definition) is 3. The Morgan fingerprint density at radius 3 is 2.28 bits per heavy atom. The molecule has 1 rings (SSSR count). The second-order valence-corrected chi connectivity index (χ2v) is 6.09. The molecule has 0 heterocycles. The molecule has 0 saturated carbocycles. The van der Waals surface area contributed by atoms with Gasteiger partial charge in [-0.1, -0.05) is 44.9 Å². The Hall–Kier alpha value is 0.766. The molecule has 0 unspecified atom stereocenters. The van der Waals surface area contributed by atoms with E-state index in [2.05, 4.69) is 13.8 Å². The first-order valence-electron chi connectivity index (χ1n) is 5.97. The average molecular weight is 295 g/mol. The summed E-state index contributed by atoms with van der Waals surface area (Å²) in [5.41, 5.74) is 0. The Bertz CT molecular complexity index is 415. The van der Waals surface area contributed by atoms with E-state index in [1.807, 2.05) is 0 Å². The Morgan fingerprint density at radius 2 is 1.72 bits per heavy atom. The summed E-state index contributed by atoms with van der Waals surface area (Å²) >= 11 is 0. The van der Waals surface area contributed by atoms with E-state index >= 15 is 0 Å². The molecule has 0 aliphatic rings. The van der Waals surface area contributed by atoms with Crippen LogP contribution in [-0.2, 0) is 14.3 Å². The zero-order valence-corrected chi connectivity index (χ0v) is 15.4. The number of unbranched alkanes of at least 4 members (excludes halogenated alkanes) is 1. The third-order valence-corrected chi connectivity index (χ3v) is 3.77. The molecule has 3 nitrogen and oxygen atoms in total. The molecule has 0 aliphatic heterocycles. The molecule has 0 atom stereocenters. The van der Waals surface area contributed by atoms with Gasteiger partial charge in [0.05, 0.1) is 11.5 Å². The quantitative estimate of drug-likeness (QED) is 0.441. The van der Waals surface area contributed by atoms with Gasteiger partial charge in [-0.25, -0.2) is 0 Å². The minimum absolute atomic E-state index is 0. The van der Waals surface area contributed by atoms with Gasteiger partial charge in [-0.2, -0.15) is 8.42 Å². The monoisotopic (exact) mass is 295 g/mol. The summed E-state index contributed by atoms with van der Waals surface area (Å²) in [6.07, 6.45) is 2.89. The van der Waals surface area contributed by atoms with E-state index in [0.29, 0.717) is 5.92 Å². The molecule has 1 aromatic carbocycles. The molecule has 97 valence electrons. The van der Waals surface area contributed by atoms with Gasteiger partial charge < -0.3 is 0 Å². The van der Waals surface area contributed by atoms with Crippen LogP contribution in [0.5, 0.6) is 0 Å². The second-order valence-electron chi connectivity index (χ2n) is 4.48. The van der Waals surface area contributed by atoms with Gasteiger partial charge in [0, 0.05) is 51.4 Å². The normalized spacial score (nSPS) is 11.3. The van der Waals surface area contributed by atoms with Crippen LogP contribution in [0, 0.1) is 5.92 Å². The molecule has 18 heavy (non-hydrogen) atoms. The molecular weight excluding hydrogens is 275 g/mol. The van der Waals surface area contributed by atoms with Gasteiger partial charge in [-0.05, 0) is 24.5 Å². The number of benzene rings is 1. The predicted octanol–water partition coefficient (Wildman–Crippen LogP) is 2.84. The molecule has 0 aromatic heterocycles. The van der Waals surface area contributed by atoms with Gasteiger partial charge in [-0.15, -0.1) is 0 Å². The van der Waals surface area contributed by atoms with E-state index in [-0.39, 0.29) is 62.9 Å². The Kier molecular flexibility index (Phi) is 10.0. The maximum Gasteiger partial charge on any atom is 0.296 e. The summed E-state index contributed by atoms with van der Waals surface area (Å²) in [7, 11) is -3.56. The molecule has 0 aliphatic carbocycles. The van der Waals surface area contributed by atoms with Crippen molar-refractivity contribution in [3.8, 4) is 0 Å². The topological polar surface area (TPSA) is 43.4 Å². The molecule has 0 bridgehead atoms. The van der Waals surface area contributed by atoms with Gasteiger partial charge in [0.1, 0.15) is 0 Å². The summed E-state index contributed by atoms with van der Waals surface area (Å²) < 4.78 is 28.4. The fraction of sp³-hybridized carbons (Fsp3) is 0.538. The molecule has 1 radical (unpaired) electrons. The molecule has 5 heteroatoms. The molecule has 1 aromatic rings. The number of rotatable bonds is 7. The summed E-state index contributed by atoms with van der Waals surface area (Å²) in [6, 6.07) is 8.25. The molecular formula is C13H20KO3S. The summed E-state index contributed by atoms with van der Waals surface area (Å²) in [4.78, 5) is 0.226. The predicted molar refractivity (Wildman–Crippen MR) is 74.0 cm³/mol. The van der Waals surface area contributed by atoms with Crippen molar-refractivity contribution in [3.63, 3.8) is 0 Å². The first-order chi connectivity index (χ1) is 8.02. The van der Waals surface area contributed by atoms with Crippen molar-refractivity contribution in [1.29, 1.82) is 0 Å².